The Balaban J connectivity index is 2.04. The Morgan fingerprint density at radius 3 is 3.20 bits per heavy atom. The highest BCUT2D eigenvalue weighted by Gasteiger charge is 2.19. The minimum Gasteiger partial charge on any atom is -0.472 e. The van der Waals surface area contributed by atoms with Crippen molar-refractivity contribution in [1.82, 2.24) is 20.8 Å². The van der Waals surface area contributed by atoms with Crippen molar-refractivity contribution < 1.29 is 4.74 Å². The third-order valence-electron chi connectivity index (χ3n) is 2.24. The molecular formula is C9H9N5O. The Kier molecular flexibility index (Phi) is 1.77. The monoisotopic (exact) mass is 203 g/mol. The van der Waals surface area contributed by atoms with Crippen LogP contribution in [0.3, 0.4) is 0 Å². The second-order valence-electron chi connectivity index (χ2n) is 3.19. The summed E-state index contributed by atoms with van der Waals surface area (Å²) < 4.78 is 5.35. The van der Waals surface area contributed by atoms with E-state index in [1.807, 2.05) is 29.4 Å². The van der Waals surface area contributed by atoms with Crippen LogP contribution in [-0.2, 0) is 0 Å². The van der Waals surface area contributed by atoms with E-state index in [-0.39, 0.29) is 0 Å². The summed E-state index contributed by atoms with van der Waals surface area (Å²) in [7, 11) is 0. The number of fused-ring (bicyclic) bond motifs is 1. The van der Waals surface area contributed by atoms with E-state index in [0.717, 1.165) is 17.9 Å². The Labute approximate surface area is 86.2 Å². The molecule has 3 heterocycles. The van der Waals surface area contributed by atoms with Crippen LogP contribution < -0.4 is 15.2 Å². The van der Waals surface area contributed by atoms with Crippen molar-refractivity contribution in [1.29, 1.82) is 0 Å². The van der Waals surface area contributed by atoms with Crippen LogP contribution in [0.5, 0.6) is 5.88 Å². The number of aromatic nitrogens is 3. The summed E-state index contributed by atoms with van der Waals surface area (Å²) in [6.07, 6.45) is 7.75. The van der Waals surface area contributed by atoms with Gasteiger partial charge in [-0.2, -0.15) is 0 Å². The van der Waals surface area contributed by atoms with Crippen molar-refractivity contribution in [2.24, 2.45) is 0 Å². The van der Waals surface area contributed by atoms with Gasteiger partial charge in [0.2, 0.25) is 5.88 Å². The van der Waals surface area contributed by atoms with Crippen LogP contribution in [-0.4, -0.2) is 28.6 Å². The standard InChI is InChI=1S/C9H9N5O/c1-3-7-8(14-5-2-4-10-14)11-13-12-9(7)15-6-1/h1-4,10H,5-6H2. The average molecular weight is 203 g/mol. The first-order chi connectivity index (χ1) is 7.45. The minimum atomic E-state index is 0.538. The summed E-state index contributed by atoms with van der Waals surface area (Å²) in [5, 5.41) is 13.4. The lowest BCUT2D eigenvalue weighted by molar-refractivity contribution is 0.336. The lowest BCUT2D eigenvalue weighted by Crippen LogP contribution is -2.31. The Hall–Kier alpha value is -2.11. The van der Waals surface area contributed by atoms with Crippen molar-refractivity contribution in [3.8, 4) is 5.88 Å². The number of nitrogens with zero attached hydrogens (tertiary/aromatic N) is 4. The highest BCUT2D eigenvalue weighted by Crippen LogP contribution is 2.27. The normalized spacial score (nSPS) is 17.2. The van der Waals surface area contributed by atoms with Crippen molar-refractivity contribution in [3.05, 3.63) is 23.9 Å². The molecule has 0 saturated carbocycles. The van der Waals surface area contributed by atoms with E-state index in [1.54, 1.807) is 0 Å². The van der Waals surface area contributed by atoms with Crippen molar-refractivity contribution in [2.75, 3.05) is 18.2 Å². The molecule has 6 nitrogen and oxygen atoms in total. The zero-order chi connectivity index (χ0) is 10.1. The summed E-state index contributed by atoms with van der Waals surface area (Å²) in [5.74, 6) is 1.28. The van der Waals surface area contributed by atoms with Gasteiger partial charge < -0.3 is 10.2 Å². The Morgan fingerprint density at radius 2 is 2.33 bits per heavy atom. The number of anilines is 1. The summed E-state index contributed by atoms with van der Waals surface area (Å²) in [6, 6.07) is 0. The smallest absolute Gasteiger partial charge is 0.246 e. The van der Waals surface area contributed by atoms with Gasteiger partial charge in [0.1, 0.15) is 6.61 Å². The van der Waals surface area contributed by atoms with E-state index in [2.05, 4.69) is 20.8 Å². The Morgan fingerprint density at radius 1 is 1.33 bits per heavy atom. The summed E-state index contributed by atoms with van der Waals surface area (Å²) >= 11 is 0. The number of ether oxygens (including phenoxy) is 1. The van der Waals surface area contributed by atoms with Gasteiger partial charge in [-0.3, -0.25) is 5.01 Å². The maximum atomic E-state index is 5.35. The van der Waals surface area contributed by atoms with E-state index in [9.17, 15) is 0 Å². The van der Waals surface area contributed by atoms with E-state index in [4.69, 9.17) is 4.74 Å². The number of hydrogen-bond acceptors (Lipinski definition) is 6. The van der Waals surface area contributed by atoms with Gasteiger partial charge >= 0.3 is 0 Å². The van der Waals surface area contributed by atoms with Gasteiger partial charge in [-0.15, -0.1) is 5.10 Å². The third-order valence-corrected chi connectivity index (χ3v) is 2.24. The molecule has 2 aliphatic rings. The molecule has 0 fully saturated rings. The fourth-order valence-corrected chi connectivity index (χ4v) is 1.55. The maximum absolute atomic E-state index is 5.35. The lowest BCUT2D eigenvalue weighted by atomic mass is 10.2. The quantitative estimate of drug-likeness (QED) is 0.699. The molecular weight excluding hydrogens is 194 g/mol. The lowest BCUT2D eigenvalue weighted by Gasteiger charge is -2.20. The van der Waals surface area contributed by atoms with Crippen molar-refractivity contribution >= 4 is 11.9 Å². The van der Waals surface area contributed by atoms with Crippen molar-refractivity contribution in [2.45, 2.75) is 0 Å². The molecule has 0 radical (unpaired) electrons. The molecule has 0 atom stereocenters. The molecule has 0 amide bonds. The number of nitrogens with one attached hydrogen (secondary N) is 1. The number of hydrogen-bond donors (Lipinski definition) is 1. The van der Waals surface area contributed by atoms with Crippen LogP contribution in [0.1, 0.15) is 5.56 Å². The highest BCUT2D eigenvalue weighted by molar-refractivity contribution is 5.68. The zero-order valence-corrected chi connectivity index (χ0v) is 7.92. The molecule has 1 N–H and O–H groups in total. The molecule has 2 aliphatic heterocycles. The second-order valence-corrected chi connectivity index (χ2v) is 3.19. The maximum Gasteiger partial charge on any atom is 0.246 e. The molecule has 0 bridgehead atoms. The highest BCUT2D eigenvalue weighted by atomic mass is 16.5. The first-order valence-corrected chi connectivity index (χ1v) is 4.66. The zero-order valence-electron chi connectivity index (χ0n) is 7.92. The topological polar surface area (TPSA) is 63.2 Å². The molecule has 1 aromatic heterocycles. The largest absolute Gasteiger partial charge is 0.472 e. The van der Waals surface area contributed by atoms with Crippen molar-refractivity contribution in [3.63, 3.8) is 0 Å². The first kappa shape index (κ1) is 8.22. The molecule has 76 valence electrons. The average Bonchev–Trinajstić information content (AvgIpc) is 2.82. The van der Waals surface area contributed by atoms with Gasteiger partial charge in [-0.25, -0.2) is 0 Å². The van der Waals surface area contributed by atoms with E-state index >= 15 is 0 Å². The number of rotatable bonds is 1. The minimum absolute atomic E-state index is 0.538. The summed E-state index contributed by atoms with van der Waals surface area (Å²) in [4.78, 5) is 0. The van der Waals surface area contributed by atoms with Crippen LogP contribution in [0.25, 0.3) is 6.08 Å². The Bertz CT molecular complexity index is 434. The molecule has 6 heteroatoms. The molecule has 0 aliphatic carbocycles. The molecule has 0 unspecified atom stereocenters. The first-order valence-electron chi connectivity index (χ1n) is 4.66. The van der Waals surface area contributed by atoms with Crippen LogP contribution >= 0.6 is 0 Å². The third kappa shape index (κ3) is 1.30. The SMILES string of the molecule is C1=Cc2c(nnnc2N2CC=CN2)OC1. The molecule has 0 spiro atoms. The predicted octanol–water partition coefficient (Wildman–Crippen LogP) is 0.115. The number of hydrazine groups is 1. The molecule has 15 heavy (non-hydrogen) atoms. The van der Waals surface area contributed by atoms with Gasteiger partial charge in [0.15, 0.2) is 5.82 Å². The van der Waals surface area contributed by atoms with Crippen LogP contribution in [0.2, 0.25) is 0 Å². The molecule has 0 aromatic carbocycles. The summed E-state index contributed by atoms with van der Waals surface area (Å²) in [6.45, 7) is 1.30. The van der Waals surface area contributed by atoms with E-state index in [0.29, 0.717) is 12.5 Å². The van der Waals surface area contributed by atoms with Gasteiger partial charge in [0.25, 0.3) is 0 Å². The molecule has 1 aromatic rings. The van der Waals surface area contributed by atoms with Crippen LogP contribution in [0.4, 0.5) is 5.82 Å². The summed E-state index contributed by atoms with van der Waals surface area (Å²) in [5.41, 5.74) is 3.92. The van der Waals surface area contributed by atoms with Crippen LogP contribution in [0.15, 0.2) is 18.4 Å². The second kappa shape index (κ2) is 3.23. The van der Waals surface area contributed by atoms with Gasteiger partial charge in [-0.1, -0.05) is 5.10 Å². The van der Waals surface area contributed by atoms with E-state index < -0.39 is 0 Å². The van der Waals surface area contributed by atoms with Gasteiger partial charge in [-0.05, 0) is 23.4 Å². The van der Waals surface area contributed by atoms with Crippen LogP contribution in [0, 0.1) is 0 Å². The van der Waals surface area contributed by atoms with Gasteiger partial charge in [0, 0.05) is 6.20 Å². The fraction of sp³-hybridized carbons (Fsp3) is 0.222. The van der Waals surface area contributed by atoms with Gasteiger partial charge in [0.05, 0.1) is 12.1 Å². The fourth-order valence-electron chi connectivity index (χ4n) is 1.55. The predicted molar refractivity (Wildman–Crippen MR) is 54.0 cm³/mol. The molecule has 3 rings (SSSR count). The van der Waals surface area contributed by atoms with E-state index in [1.165, 1.54) is 0 Å². The molecule has 0 saturated heterocycles.